The minimum atomic E-state index is -0.266. The maximum absolute atomic E-state index is 12.2. The van der Waals surface area contributed by atoms with Gasteiger partial charge in [-0.1, -0.05) is 12.2 Å². The normalized spacial score (nSPS) is 29.4. The fourth-order valence-electron chi connectivity index (χ4n) is 2.82. The van der Waals surface area contributed by atoms with Crippen molar-refractivity contribution in [3.05, 3.63) is 12.2 Å². The van der Waals surface area contributed by atoms with E-state index in [4.69, 9.17) is 0 Å². The van der Waals surface area contributed by atoms with Gasteiger partial charge in [0.05, 0.1) is 13.5 Å². The summed E-state index contributed by atoms with van der Waals surface area (Å²) in [6.07, 6.45) is 6.77. The molecule has 0 aromatic carbocycles. The number of esters is 1. The number of rotatable bonds is 4. The van der Waals surface area contributed by atoms with Gasteiger partial charge in [-0.15, -0.1) is 0 Å². The van der Waals surface area contributed by atoms with Gasteiger partial charge in [0.25, 0.3) is 0 Å². The molecule has 0 N–H and O–H groups in total. The van der Waals surface area contributed by atoms with Crippen molar-refractivity contribution in [1.29, 1.82) is 0 Å². The van der Waals surface area contributed by atoms with Crippen LogP contribution in [0.5, 0.6) is 0 Å². The van der Waals surface area contributed by atoms with Crippen LogP contribution in [0.3, 0.4) is 0 Å². The molecular formula is C13H19NO3. The van der Waals surface area contributed by atoms with Crippen molar-refractivity contribution < 1.29 is 14.3 Å². The summed E-state index contributed by atoms with van der Waals surface area (Å²) < 4.78 is 4.57. The molecule has 2 rings (SSSR count). The number of methoxy groups -OCH3 is 1. The predicted molar refractivity (Wildman–Crippen MR) is 63.1 cm³/mol. The van der Waals surface area contributed by atoms with E-state index in [0.29, 0.717) is 18.4 Å². The number of hydrogen-bond acceptors (Lipinski definition) is 3. The van der Waals surface area contributed by atoms with E-state index >= 15 is 0 Å². The van der Waals surface area contributed by atoms with Crippen LogP contribution in [-0.4, -0.2) is 37.5 Å². The molecule has 2 aliphatic carbocycles. The van der Waals surface area contributed by atoms with Gasteiger partial charge in [-0.3, -0.25) is 9.59 Å². The second-order valence-corrected chi connectivity index (χ2v) is 4.97. The lowest BCUT2D eigenvalue weighted by Crippen LogP contribution is -2.36. The number of amides is 1. The molecule has 4 heteroatoms. The van der Waals surface area contributed by atoms with E-state index in [0.717, 1.165) is 12.8 Å². The molecule has 94 valence electrons. The van der Waals surface area contributed by atoms with Crippen LogP contribution in [-0.2, 0) is 14.3 Å². The van der Waals surface area contributed by atoms with E-state index in [1.165, 1.54) is 7.11 Å². The first-order valence-corrected chi connectivity index (χ1v) is 6.12. The Bertz CT molecular complexity index is 351. The van der Waals surface area contributed by atoms with E-state index in [1.54, 1.807) is 11.9 Å². The molecule has 3 unspecified atom stereocenters. The third-order valence-electron chi connectivity index (χ3n) is 3.85. The third-order valence-corrected chi connectivity index (χ3v) is 3.85. The van der Waals surface area contributed by atoms with E-state index in [-0.39, 0.29) is 24.2 Å². The van der Waals surface area contributed by atoms with Gasteiger partial charge in [0.1, 0.15) is 0 Å². The highest BCUT2D eigenvalue weighted by Gasteiger charge is 2.40. The Balaban J connectivity index is 1.83. The van der Waals surface area contributed by atoms with Crippen LogP contribution < -0.4 is 0 Å². The van der Waals surface area contributed by atoms with Crippen LogP contribution in [0.1, 0.15) is 19.3 Å². The molecule has 0 heterocycles. The zero-order chi connectivity index (χ0) is 12.4. The van der Waals surface area contributed by atoms with Crippen LogP contribution in [0.2, 0.25) is 0 Å². The Morgan fingerprint density at radius 1 is 1.35 bits per heavy atom. The Kier molecular flexibility index (Phi) is 3.50. The van der Waals surface area contributed by atoms with Crippen LogP contribution in [0.4, 0.5) is 0 Å². The molecule has 1 saturated carbocycles. The molecule has 4 nitrogen and oxygen atoms in total. The Morgan fingerprint density at radius 3 is 2.65 bits per heavy atom. The predicted octanol–water partition coefficient (Wildman–Crippen LogP) is 1.22. The highest BCUT2D eigenvalue weighted by atomic mass is 16.5. The summed E-state index contributed by atoms with van der Waals surface area (Å²) in [4.78, 5) is 24.9. The Labute approximate surface area is 102 Å². The van der Waals surface area contributed by atoms with Crippen molar-refractivity contribution in [1.82, 2.24) is 4.90 Å². The molecule has 0 aromatic rings. The maximum Gasteiger partial charge on any atom is 0.307 e. The number of ether oxygens (including phenoxy) is 1. The Morgan fingerprint density at radius 2 is 2.12 bits per heavy atom. The Hall–Kier alpha value is -1.32. The first-order valence-electron chi connectivity index (χ1n) is 6.12. The second-order valence-electron chi connectivity index (χ2n) is 4.97. The largest absolute Gasteiger partial charge is 0.469 e. The van der Waals surface area contributed by atoms with Gasteiger partial charge in [-0.2, -0.15) is 0 Å². The summed E-state index contributed by atoms with van der Waals surface area (Å²) in [6.45, 7) is 0.448. The number of fused-ring (bicyclic) bond motifs is 2. The number of allylic oxidation sites excluding steroid dienone is 2. The topological polar surface area (TPSA) is 46.6 Å². The summed E-state index contributed by atoms with van der Waals surface area (Å²) >= 11 is 0. The first-order chi connectivity index (χ1) is 8.11. The zero-order valence-corrected chi connectivity index (χ0v) is 10.4. The van der Waals surface area contributed by atoms with Crippen LogP contribution in [0, 0.1) is 17.8 Å². The molecule has 0 aliphatic heterocycles. The molecule has 2 bridgehead atoms. The van der Waals surface area contributed by atoms with Crippen LogP contribution in [0.25, 0.3) is 0 Å². The van der Waals surface area contributed by atoms with Gasteiger partial charge in [0.2, 0.25) is 5.91 Å². The number of nitrogens with zero attached hydrogens (tertiary/aromatic N) is 1. The molecule has 17 heavy (non-hydrogen) atoms. The quantitative estimate of drug-likeness (QED) is 0.545. The van der Waals surface area contributed by atoms with Gasteiger partial charge in [0, 0.05) is 19.5 Å². The molecule has 0 aromatic heterocycles. The minimum Gasteiger partial charge on any atom is -0.469 e. The summed E-state index contributed by atoms with van der Waals surface area (Å²) in [7, 11) is 3.13. The van der Waals surface area contributed by atoms with Gasteiger partial charge < -0.3 is 9.64 Å². The highest BCUT2D eigenvalue weighted by molar-refractivity contribution is 5.80. The van der Waals surface area contributed by atoms with Crippen LogP contribution in [0.15, 0.2) is 12.2 Å². The van der Waals surface area contributed by atoms with E-state index in [1.807, 2.05) is 0 Å². The maximum atomic E-state index is 12.2. The van der Waals surface area contributed by atoms with Crippen LogP contribution >= 0.6 is 0 Å². The van der Waals surface area contributed by atoms with Crippen molar-refractivity contribution in [2.75, 3.05) is 20.7 Å². The minimum absolute atomic E-state index is 0.132. The standard InChI is InChI=1S/C13H19NO3/c1-14(6-5-12(15)17-2)13(16)11-8-9-3-4-10(11)7-9/h3-4,9-11H,5-8H2,1-2H3. The number of carbonyl (C=O) groups is 2. The van der Waals surface area contributed by atoms with E-state index < -0.39 is 0 Å². The van der Waals surface area contributed by atoms with Crippen molar-refractivity contribution in [2.24, 2.45) is 17.8 Å². The average molecular weight is 237 g/mol. The molecule has 2 aliphatic rings. The average Bonchev–Trinajstić information content (AvgIpc) is 2.96. The lowest BCUT2D eigenvalue weighted by Gasteiger charge is -2.24. The van der Waals surface area contributed by atoms with Gasteiger partial charge in [-0.05, 0) is 24.7 Å². The molecule has 0 radical (unpaired) electrons. The molecule has 1 amide bonds. The van der Waals surface area contributed by atoms with Crippen molar-refractivity contribution in [2.45, 2.75) is 19.3 Å². The summed E-state index contributed by atoms with van der Waals surface area (Å²) in [5, 5.41) is 0. The van der Waals surface area contributed by atoms with E-state index in [2.05, 4.69) is 16.9 Å². The number of carbonyl (C=O) groups excluding carboxylic acids is 2. The number of hydrogen-bond donors (Lipinski definition) is 0. The molecule has 1 fully saturated rings. The van der Waals surface area contributed by atoms with Gasteiger partial charge in [0.15, 0.2) is 0 Å². The summed E-state index contributed by atoms with van der Waals surface area (Å²) in [5.74, 6) is 1.06. The molecular weight excluding hydrogens is 218 g/mol. The highest BCUT2D eigenvalue weighted by Crippen LogP contribution is 2.43. The van der Waals surface area contributed by atoms with Gasteiger partial charge >= 0.3 is 5.97 Å². The summed E-state index contributed by atoms with van der Waals surface area (Å²) in [5.41, 5.74) is 0. The lowest BCUT2D eigenvalue weighted by molar-refractivity contribution is -0.142. The molecule has 0 spiro atoms. The zero-order valence-electron chi connectivity index (χ0n) is 10.4. The molecule has 0 saturated heterocycles. The van der Waals surface area contributed by atoms with Gasteiger partial charge in [-0.25, -0.2) is 0 Å². The van der Waals surface area contributed by atoms with Crippen molar-refractivity contribution >= 4 is 11.9 Å². The van der Waals surface area contributed by atoms with Crippen molar-refractivity contribution in [3.8, 4) is 0 Å². The first kappa shape index (κ1) is 12.1. The second kappa shape index (κ2) is 4.90. The van der Waals surface area contributed by atoms with Crippen molar-refractivity contribution in [3.63, 3.8) is 0 Å². The smallest absolute Gasteiger partial charge is 0.307 e. The van der Waals surface area contributed by atoms with E-state index in [9.17, 15) is 9.59 Å². The lowest BCUT2D eigenvalue weighted by atomic mass is 9.92. The summed E-state index contributed by atoms with van der Waals surface area (Å²) in [6, 6.07) is 0. The monoisotopic (exact) mass is 237 g/mol. The third kappa shape index (κ3) is 2.51. The molecule has 3 atom stereocenters. The SMILES string of the molecule is COC(=O)CCN(C)C(=O)C1CC2C=CC1C2. The fourth-order valence-corrected chi connectivity index (χ4v) is 2.82. The fraction of sp³-hybridized carbons (Fsp3) is 0.692.